The fourth-order valence-corrected chi connectivity index (χ4v) is 2.06. The molecule has 2 rings (SSSR count). The first-order valence-electron chi connectivity index (χ1n) is 7.34. The molecular formula is C17H15FN2O5. The zero-order chi connectivity index (χ0) is 18.4. The largest absolute Gasteiger partial charge is 0.456 e. The molecule has 0 aromatic heterocycles. The van der Waals surface area contributed by atoms with Crippen LogP contribution in [0.25, 0.3) is 0 Å². The van der Waals surface area contributed by atoms with Crippen LogP contribution in [-0.2, 0) is 9.53 Å². The lowest BCUT2D eigenvalue weighted by Gasteiger charge is -2.14. The third kappa shape index (κ3) is 5.10. The maximum atomic E-state index is 12.9. The average Bonchev–Trinajstić information content (AvgIpc) is 2.60. The van der Waals surface area contributed by atoms with Crippen LogP contribution in [0.1, 0.15) is 28.9 Å². The number of esters is 1. The van der Waals surface area contributed by atoms with E-state index in [9.17, 15) is 24.1 Å². The van der Waals surface area contributed by atoms with Gasteiger partial charge in [-0.1, -0.05) is 18.2 Å². The molecule has 8 heteroatoms. The van der Waals surface area contributed by atoms with Crippen molar-refractivity contribution in [2.45, 2.75) is 13.0 Å². The summed E-state index contributed by atoms with van der Waals surface area (Å²) in [5.41, 5.74) is 0.452. The van der Waals surface area contributed by atoms with Gasteiger partial charge in [0.1, 0.15) is 18.5 Å². The number of carbonyl (C=O) groups excluding carboxylic acids is 2. The van der Waals surface area contributed by atoms with Crippen molar-refractivity contribution in [2.75, 3.05) is 6.54 Å². The Hall–Kier alpha value is -3.29. The van der Waals surface area contributed by atoms with Crippen LogP contribution < -0.4 is 5.32 Å². The standard InChI is InChI=1S/C17H15FN2O5/c1-11(12-5-7-14(18)8-6-12)25-16(21)10-19-17(22)13-3-2-4-15(9-13)20(23)24/h2-9,11H,10H2,1H3,(H,19,22)/t11-/m0/s1. The highest BCUT2D eigenvalue weighted by Gasteiger charge is 2.15. The second-order valence-corrected chi connectivity index (χ2v) is 5.17. The first kappa shape index (κ1) is 18.1. The Bertz CT molecular complexity index is 792. The summed E-state index contributed by atoms with van der Waals surface area (Å²) in [6.07, 6.45) is -0.609. The van der Waals surface area contributed by atoms with Crippen LogP contribution >= 0.6 is 0 Å². The molecule has 0 bridgehead atoms. The fourth-order valence-electron chi connectivity index (χ4n) is 2.06. The SMILES string of the molecule is C[C@H](OC(=O)CNC(=O)c1cccc([N+](=O)[O-])c1)c1ccc(F)cc1. The molecular weight excluding hydrogens is 331 g/mol. The van der Waals surface area contributed by atoms with E-state index in [0.29, 0.717) is 5.56 Å². The van der Waals surface area contributed by atoms with Gasteiger partial charge in [-0.3, -0.25) is 19.7 Å². The molecule has 130 valence electrons. The predicted molar refractivity (Wildman–Crippen MR) is 86.3 cm³/mol. The van der Waals surface area contributed by atoms with Gasteiger partial charge < -0.3 is 10.1 Å². The van der Waals surface area contributed by atoms with Crippen LogP contribution in [0.15, 0.2) is 48.5 Å². The van der Waals surface area contributed by atoms with Gasteiger partial charge in [0.25, 0.3) is 11.6 Å². The molecule has 0 aliphatic rings. The van der Waals surface area contributed by atoms with Crippen LogP contribution in [0.5, 0.6) is 0 Å². The van der Waals surface area contributed by atoms with Crippen LogP contribution in [-0.4, -0.2) is 23.3 Å². The summed E-state index contributed by atoms with van der Waals surface area (Å²) in [5.74, 6) is -1.71. The third-order valence-corrected chi connectivity index (χ3v) is 3.36. The highest BCUT2D eigenvalue weighted by Crippen LogP contribution is 2.17. The van der Waals surface area contributed by atoms with E-state index >= 15 is 0 Å². The lowest BCUT2D eigenvalue weighted by atomic mass is 10.1. The number of nitrogens with one attached hydrogen (secondary N) is 1. The van der Waals surface area contributed by atoms with Crippen molar-refractivity contribution < 1.29 is 23.6 Å². The minimum Gasteiger partial charge on any atom is -0.456 e. The Balaban J connectivity index is 1.89. The van der Waals surface area contributed by atoms with Gasteiger partial charge in [-0.05, 0) is 30.7 Å². The number of nitro benzene ring substituents is 1. The van der Waals surface area contributed by atoms with Gasteiger partial charge in [0.15, 0.2) is 0 Å². The topological polar surface area (TPSA) is 98.5 Å². The highest BCUT2D eigenvalue weighted by molar-refractivity contribution is 5.96. The number of non-ortho nitro benzene ring substituents is 1. The number of rotatable bonds is 6. The number of ether oxygens (including phenoxy) is 1. The van der Waals surface area contributed by atoms with Gasteiger partial charge >= 0.3 is 5.97 Å². The second kappa shape index (κ2) is 8.00. The molecule has 0 saturated carbocycles. The summed E-state index contributed by atoms with van der Waals surface area (Å²) in [5, 5.41) is 13.0. The number of carbonyl (C=O) groups is 2. The number of halogens is 1. The molecule has 0 aliphatic carbocycles. The molecule has 0 aliphatic heterocycles. The number of benzene rings is 2. The summed E-state index contributed by atoms with van der Waals surface area (Å²) < 4.78 is 18.0. The smallest absolute Gasteiger partial charge is 0.326 e. The molecule has 7 nitrogen and oxygen atoms in total. The Labute approximate surface area is 142 Å². The Morgan fingerprint density at radius 3 is 2.56 bits per heavy atom. The minimum atomic E-state index is -0.685. The van der Waals surface area contributed by atoms with Crippen LogP contribution in [0.3, 0.4) is 0 Å². The van der Waals surface area contributed by atoms with Crippen molar-refractivity contribution in [3.8, 4) is 0 Å². The molecule has 0 heterocycles. The predicted octanol–water partition coefficient (Wildman–Crippen LogP) is 2.77. The van der Waals surface area contributed by atoms with E-state index in [2.05, 4.69) is 5.32 Å². The molecule has 1 amide bonds. The van der Waals surface area contributed by atoms with E-state index in [0.717, 1.165) is 6.07 Å². The van der Waals surface area contributed by atoms with Gasteiger partial charge in [0.2, 0.25) is 0 Å². The van der Waals surface area contributed by atoms with Gasteiger partial charge in [-0.15, -0.1) is 0 Å². The zero-order valence-electron chi connectivity index (χ0n) is 13.3. The second-order valence-electron chi connectivity index (χ2n) is 5.17. The summed E-state index contributed by atoms with van der Waals surface area (Å²) >= 11 is 0. The molecule has 1 N–H and O–H groups in total. The van der Waals surface area contributed by atoms with Crippen molar-refractivity contribution in [1.82, 2.24) is 5.32 Å². The van der Waals surface area contributed by atoms with E-state index in [4.69, 9.17) is 4.74 Å². The Morgan fingerprint density at radius 2 is 1.92 bits per heavy atom. The maximum absolute atomic E-state index is 12.9. The maximum Gasteiger partial charge on any atom is 0.326 e. The quantitative estimate of drug-likeness (QED) is 0.493. The van der Waals surface area contributed by atoms with Crippen LogP contribution in [0.2, 0.25) is 0 Å². The number of nitro groups is 1. The summed E-state index contributed by atoms with van der Waals surface area (Å²) in [6, 6.07) is 10.6. The zero-order valence-corrected chi connectivity index (χ0v) is 13.3. The first-order chi connectivity index (χ1) is 11.9. The van der Waals surface area contributed by atoms with Gasteiger partial charge in [0.05, 0.1) is 4.92 Å². The van der Waals surface area contributed by atoms with Gasteiger partial charge in [-0.2, -0.15) is 0 Å². The fraction of sp³-hybridized carbons (Fsp3) is 0.176. The molecule has 1 atom stereocenters. The van der Waals surface area contributed by atoms with Crippen molar-refractivity contribution in [3.05, 3.63) is 75.6 Å². The normalized spacial score (nSPS) is 11.4. The van der Waals surface area contributed by atoms with E-state index in [-0.39, 0.29) is 11.3 Å². The summed E-state index contributed by atoms with van der Waals surface area (Å²) in [4.78, 5) is 33.8. The third-order valence-electron chi connectivity index (χ3n) is 3.36. The number of hydrogen-bond donors (Lipinski definition) is 1. The van der Waals surface area contributed by atoms with Crippen molar-refractivity contribution in [1.29, 1.82) is 0 Å². The highest BCUT2D eigenvalue weighted by atomic mass is 19.1. The molecule has 25 heavy (non-hydrogen) atoms. The van der Waals surface area contributed by atoms with E-state index < -0.39 is 35.3 Å². The number of nitrogens with zero attached hydrogens (tertiary/aromatic N) is 1. The van der Waals surface area contributed by atoms with Crippen LogP contribution in [0.4, 0.5) is 10.1 Å². The van der Waals surface area contributed by atoms with Crippen LogP contribution in [0, 0.1) is 15.9 Å². The molecule has 0 fully saturated rings. The lowest BCUT2D eigenvalue weighted by molar-refractivity contribution is -0.384. The van der Waals surface area contributed by atoms with E-state index in [1.54, 1.807) is 6.92 Å². The minimum absolute atomic E-state index is 0.0635. The van der Waals surface area contributed by atoms with Crippen molar-refractivity contribution >= 4 is 17.6 Å². The molecule has 0 radical (unpaired) electrons. The summed E-state index contributed by atoms with van der Waals surface area (Å²) in [6.45, 7) is 1.22. The van der Waals surface area contributed by atoms with Crippen molar-refractivity contribution in [3.63, 3.8) is 0 Å². The van der Waals surface area contributed by atoms with E-state index in [1.165, 1.54) is 42.5 Å². The first-order valence-corrected chi connectivity index (χ1v) is 7.34. The average molecular weight is 346 g/mol. The molecule has 2 aromatic carbocycles. The number of hydrogen-bond acceptors (Lipinski definition) is 5. The molecule has 0 saturated heterocycles. The monoisotopic (exact) mass is 346 g/mol. The molecule has 0 spiro atoms. The Morgan fingerprint density at radius 1 is 1.24 bits per heavy atom. The summed E-state index contributed by atoms with van der Waals surface area (Å²) in [7, 11) is 0. The van der Waals surface area contributed by atoms with E-state index in [1.807, 2.05) is 0 Å². The Kier molecular flexibility index (Phi) is 5.78. The van der Waals surface area contributed by atoms with Gasteiger partial charge in [-0.25, -0.2) is 4.39 Å². The molecule has 0 unspecified atom stereocenters. The number of amides is 1. The lowest BCUT2D eigenvalue weighted by Crippen LogP contribution is -2.31. The van der Waals surface area contributed by atoms with Crippen molar-refractivity contribution in [2.24, 2.45) is 0 Å². The molecule has 2 aromatic rings. The van der Waals surface area contributed by atoms with Gasteiger partial charge in [0, 0.05) is 17.7 Å².